The predicted molar refractivity (Wildman–Crippen MR) is 96.2 cm³/mol. The van der Waals surface area contributed by atoms with Gasteiger partial charge in [-0.25, -0.2) is 0 Å². The van der Waals surface area contributed by atoms with E-state index in [1.54, 1.807) is 24.3 Å². The maximum atomic E-state index is 12.4. The number of fused-ring (bicyclic) bond motifs is 1. The van der Waals surface area contributed by atoms with Crippen LogP contribution in [0.4, 0.5) is 0 Å². The average Bonchev–Trinajstić information content (AvgIpc) is 2.93. The van der Waals surface area contributed by atoms with Crippen molar-refractivity contribution in [3.63, 3.8) is 0 Å². The van der Waals surface area contributed by atoms with Crippen molar-refractivity contribution in [1.29, 1.82) is 0 Å². The van der Waals surface area contributed by atoms with Gasteiger partial charge in [-0.15, -0.1) is 0 Å². The second kappa shape index (κ2) is 7.30. The zero-order valence-corrected chi connectivity index (χ0v) is 14.5. The van der Waals surface area contributed by atoms with Crippen molar-refractivity contribution in [3.05, 3.63) is 65.7 Å². The van der Waals surface area contributed by atoms with Gasteiger partial charge in [-0.3, -0.25) is 14.5 Å². The molecule has 0 saturated carbocycles. The molecule has 2 aliphatic heterocycles. The number of hydrogen-bond acceptors (Lipinski definition) is 4. The molecule has 0 aromatic heterocycles. The highest BCUT2D eigenvalue weighted by atomic mass is 16.5. The van der Waals surface area contributed by atoms with Crippen LogP contribution in [-0.4, -0.2) is 42.6 Å². The van der Waals surface area contributed by atoms with Gasteiger partial charge in [0.2, 0.25) is 0 Å². The maximum absolute atomic E-state index is 12.4. The lowest BCUT2D eigenvalue weighted by molar-refractivity contribution is -0.0359. The van der Waals surface area contributed by atoms with Gasteiger partial charge in [0.25, 0.3) is 11.8 Å². The normalized spacial score (nSPS) is 22.4. The molecule has 2 aliphatic rings. The van der Waals surface area contributed by atoms with Crippen LogP contribution in [0.25, 0.3) is 0 Å². The van der Waals surface area contributed by atoms with Gasteiger partial charge in [-0.05, 0) is 37.1 Å². The Hall–Kier alpha value is -2.66. The molecular formula is C21H21NO4. The largest absolute Gasteiger partial charge is 0.493 e. The van der Waals surface area contributed by atoms with Crippen LogP contribution in [0.2, 0.25) is 0 Å². The Morgan fingerprint density at radius 2 is 1.58 bits per heavy atom. The van der Waals surface area contributed by atoms with Gasteiger partial charge in [0.05, 0.1) is 37.0 Å². The molecule has 0 N–H and O–H groups in total. The van der Waals surface area contributed by atoms with E-state index in [1.165, 1.54) is 4.90 Å². The highest BCUT2D eigenvalue weighted by molar-refractivity contribution is 6.21. The number of benzene rings is 2. The molecule has 1 fully saturated rings. The van der Waals surface area contributed by atoms with E-state index >= 15 is 0 Å². The maximum Gasteiger partial charge on any atom is 0.261 e. The van der Waals surface area contributed by atoms with Crippen LogP contribution in [0.3, 0.4) is 0 Å². The van der Waals surface area contributed by atoms with E-state index in [-0.39, 0.29) is 17.9 Å². The molecule has 0 bridgehead atoms. The second-order valence-electron chi connectivity index (χ2n) is 6.79. The molecule has 1 saturated heterocycles. The van der Waals surface area contributed by atoms with Crippen LogP contribution in [0.15, 0.2) is 54.6 Å². The molecule has 0 spiro atoms. The summed E-state index contributed by atoms with van der Waals surface area (Å²) in [6.07, 6.45) is 1.67. The number of imide groups is 1. The summed E-state index contributed by atoms with van der Waals surface area (Å²) in [6, 6.07) is 16.7. The molecule has 5 heteroatoms. The van der Waals surface area contributed by atoms with Crippen molar-refractivity contribution in [3.8, 4) is 5.75 Å². The van der Waals surface area contributed by atoms with Gasteiger partial charge >= 0.3 is 0 Å². The van der Waals surface area contributed by atoms with Crippen molar-refractivity contribution in [2.24, 2.45) is 5.92 Å². The number of carbonyl (C=O) groups excluding carboxylic acids is 2. The van der Waals surface area contributed by atoms with Crippen LogP contribution >= 0.6 is 0 Å². The number of amides is 2. The van der Waals surface area contributed by atoms with Crippen LogP contribution in [0, 0.1) is 5.92 Å². The lowest BCUT2D eigenvalue weighted by Gasteiger charge is -2.31. The van der Waals surface area contributed by atoms with Gasteiger partial charge in [0.1, 0.15) is 5.75 Å². The number of carbonyl (C=O) groups is 2. The van der Waals surface area contributed by atoms with E-state index in [0.29, 0.717) is 36.8 Å². The first kappa shape index (κ1) is 16.8. The molecule has 26 heavy (non-hydrogen) atoms. The molecule has 0 aliphatic carbocycles. The highest BCUT2D eigenvalue weighted by Gasteiger charge is 2.37. The summed E-state index contributed by atoms with van der Waals surface area (Å²) in [5.41, 5.74) is 0.977. The van der Waals surface area contributed by atoms with E-state index in [0.717, 1.165) is 18.6 Å². The quantitative estimate of drug-likeness (QED) is 0.777. The van der Waals surface area contributed by atoms with Crippen molar-refractivity contribution >= 4 is 11.8 Å². The summed E-state index contributed by atoms with van der Waals surface area (Å²) in [5, 5.41) is 0. The number of nitrogens with zero attached hydrogens (tertiary/aromatic N) is 1. The van der Waals surface area contributed by atoms with E-state index in [2.05, 4.69) is 0 Å². The van der Waals surface area contributed by atoms with Gasteiger partial charge in [-0.1, -0.05) is 30.3 Å². The molecule has 134 valence electrons. The molecule has 4 rings (SSSR count). The molecule has 5 nitrogen and oxygen atoms in total. The summed E-state index contributed by atoms with van der Waals surface area (Å²) in [4.78, 5) is 26.2. The van der Waals surface area contributed by atoms with E-state index in [1.807, 2.05) is 30.3 Å². The minimum absolute atomic E-state index is 0.106. The molecule has 0 radical (unpaired) electrons. The van der Waals surface area contributed by atoms with E-state index < -0.39 is 0 Å². The molecular weight excluding hydrogens is 330 g/mol. The lowest BCUT2D eigenvalue weighted by Crippen LogP contribution is -2.41. The molecule has 2 aromatic rings. The third-order valence-electron chi connectivity index (χ3n) is 4.96. The van der Waals surface area contributed by atoms with E-state index in [9.17, 15) is 9.59 Å². The Kier molecular flexibility index (Phi) is 4.71. The zero-order chi connectivity index (χ0) is 17.9. The minimum atomic E-state index is -0.219. The smallest absolute Gasteiger partial charge is 0.261 e. The fourth-order valence-corrected chi connectivity index (χ4v) is 3.48. The first-order valence-corrected chi connectivity index (χ1v) is 8.97. The molecule has 2 unspecified atom stereocenters. The lowest BCUT2D eigenvalue weighted by atomic mass is 9.99. The number of ether oxygens (including phenoxy) is 2. The van der Waals surface area contributed by atoms with Gasteiger partial charge in [-0.2, -0.15) is 0 Å². The predicted octanol–water partition coefficient (Wildman–Crippen LogP) is 3.16. The van der Waals surface area contributed by atoms with Crippen LogP contribution < -0.4 is 4.74 Å². The summed E-state index contributed by atoms with van der Waals surface area (Å²) in [6.45, 7) is 1.52. The monoisotopic (exact) mass is 351 g/mol. The van der Waals surface area contributed by atoms with Gasteiger partial charge in [0, 0.05) is 5.92 Å². The third kappa shape index (κ3) is 3.35. The van der Waals surface area contributed by atoms with Crippen LogP contribution in [-0.2, 0) is 4.74 Å². The standard InChI is InChI=1S/C21H21NO4/c23-20-18-8-4-5-9-19(18)21(24)22(20)12-17-11-10-15(14-26-17)13-25-16-6-2-1-3-7-16/h1-9,15,17H,10-14H2. The Labute approximate surface area is 152 Å². The topological polar surface area (TPSA) is 55.8 Å². The Bertz CT molecular complexity index is 762. The molecule has 2 amide bonds. The summed E-state index contributed by atoms with van der Waals surface area (Å²) in [7, 11) is 0. The zero-order valence-electron chi connectivity index (χ0n) is 14.5. The van der Waals surface area contributed by atoms with E-state index in [4.69, 9.17) is 9.47 Å². The molecule has 2 heterocycles. The summed E-state index contributed by atoms with van der Waals surface area (Å²) < 4.78 is 11.7. The fraction of sp³-hybridized carbons (Fsp3) is 0.333. The van der Waals surface area contributed by atoms with Crippen molar-refractivity contribution < 1.29 is 19.1 Å². The number of para-hydroxylation sites is 1. The third-order valence-corrected chi connectivity index (χ3v) is 4.96. The summed E-state index contributed by atoms with van der Waals surface area (Å²) >= 11 is 0. The van der Waals surface area contributed by atoms with Crippen molar-refractivity contribution in [2.75, 3.05) is 19.8 Å². The Morgan fingerprint density at radius 1 is 0.923 bits per heavy atom. The first-order valence-electron chi connectivity index (χ1n) is 8.97. The first-order chi connectivity index (χ1) is 12.7. The SMILES string of the molecule is O=C1c2ccccc2C(=O)N1CC1CCC(COc2ccccc2)CO1. The summed E-state index contributed by atoms with van der Waals surface area (Å²) in [5.74, 6) is 0.752. The van der Waals surface area contributed by atoms with Gasteiger partial charge < -0.3 is 9.47 Å². The van der Waals surface area contributed by atoms with Crippen LogP contribution in [0.1, 0.15) is 33.6 Å². The Balaban J connectivity index is 1.28. The van der Waals surface area contributed by atoms with Gasteiger partial charge in [0.15, 0.2) is 0 Å². The average molecular weight is 351 g/mol. The molecule has 2 atom stereocenters. The second-order valence-corrected chi connectivity index (χ2v) is 6.79. The number of rotatable bonds is 5. The van der Waals surface area contributed by atoms with Crippen molar-refractivity contribution in [1.82, 2.24) is 4.90 Å². The number of hydrogen-bond donors (Lipinski definition) is 0. The Morgan fingerprint density at radius 3 is 2.19 bits per heavy atom. The van der Waals surface area contributed by atoms with Crippen molar-refractivity contribution in [2.45, 2.75) is 18.9 Å². The molecule has 2 aromatic carbocycles. The van der Waals surface area contributed by atoms with Crippen LogP contribution in [0.5, 0.6) is 5.75 Å². The fourth-order valence-electron chi connectivity index (χ4n) is 3.48. The highest BCUT2D eigenvalue weighted by Crippen LogP contribution is 2.26. The minimum Gasteiger partial charge on any atom is -0.493 e.